The molecule has 12 heteroatoms. The third-order valence-electron chi connectivity index (χ3n) is 5.55. The van der Waals surface area contributed by atoms with Gasteiger partial charge in [-0.05, 0) is 54.6 Å². The summed E-state index contributed by atoms with van der Waals surface area (Å²) in [5.74, 6) is -1.31. The van der Waals surface area contributed by atoms with Gasteiger partial charge in [0.15, 0.2) is 0 Å². The standard InChI is InChI=1S/C21H22N2O2.C6H9BO6.Na/c24-21-20-9-8-18(13-17(20)10-11-22-21)25-19-7-4-12-23(15-19)14-16-5-2-1-3-6-16;1-4(8)11-7(12-5(2)9)13-6(3)10;/h1-3,5-6,8-11,13,19H,4,7,12,14-15H2,(H,22,24);1-3H3;/q;-1;+1. The first-order chi connectivity index (χ1) is 18.2. The third-order valence-corrected chi connectivity index (χ3v) is 5.55. The number of nitrogens with zero attached hydrogens (tertiary/aromatic N) is 1. The number of aromatic nitrogens is 1. The van der Waals surface area contributed by atoms with Crippen LogP contribution in [0.3, 0.4) is 0 Å². The maximum absolute atomic E-state index is 11.8. The Hall–Kier alpha value is -3.12. The maximum Gasteiger partial charge on any atom is 1.00 e. The molecule has 1 radical (unpaired) electrons. The zero-order chi connectivity index (χ0) is 27.5. The van der Waals surface area contributed by atoms with Crippen LogP contribution in [0.1, 0.15) is 39.2 Å². The molecule has 1 aliphatic rings. The monoisotopic (exact) mass is 545 g/mol. The average Bonchev–Trinajstić information content (AvgIpc) is 2.84. The van der Waals surface area contributed by atoms with Gasteiger partial charge in [-0.2, -0.15) is 0 Å². The fourth-order valence-corrected chi connectivity index (χ4v) is 4.01. The number of benzene rings is 2. The van der Waals surface area contributed by atoms with Gasteiger partial charge in [0.05, 0.1) is 0 Å². The van der Waals surface area contributed by atoms with E-state index in [1.54, 1.807) is 6.20 Å². The molecule has 1 N–H and O–H groups in total. The Morgan fingerprint density at radius 1 is 0.949 bits per heavy atom. The maximum atomic E-state index is 11.8. The minimum absolute atomic E-state index is 0. The van der Waals surface area contributed by atoms with Gasteiger partial charge in [-0.15, -0.1) is 0 Å². The number of pyridine rings is 1. The van der Waals surface area contributed by atoms with Gasteiger partial charge < -0.3 is 23.7 Å². The second kappa shape index (κ2) is 16.1. The van der Waals surface area contributed by atoms with Gasteiger partial charge in [-0.3, -0.25) is 24.1 Å². The number of hydrogen-bond acceptors (Lipinski definition) is 9. The molecular weight excluding hydrogens is 514 g/mol. The van der Waals surface area contributed by atoms with Crippen LogP contribution < -0.4 is 39.9 Å². The van der Waals surface area contributed by atoms with Gasteiger partial charge in [0.1, 0.15) is 11.9 Å². The van der Waals surface area contributed by atoms with E-state index in [-0.39, 0.29) is 41.2 Å². The number of ether oxygens (including phenoxy) is 1. The van der Waals surface area contributed by atoms with Crippen LogP contribution in [0.4, 0.5) is 0 Å². The molecule has 2 heterocycles. The molecule has 0 spiro atoms. The Morgan fingerprint density at radius 3 is 2.21 bits per heavy atom. The molecule has 0 saturated carbocycles. The zero-order valence-corrected chi connectivity index (χ0v) is 24.7. The number of piperidine rings is 1. The van der Waals surface area contributed by atoms with Gasteiger partial charge in [-0.25, -0.2) is 0 Å². The van der Waals surface area contributed by atoms with Crippen LogP contribution in [-0.4, -0.2) is 54.3 Å². The minimum Gasteiger partial charge on any atom is -0.642 e. The van der Waals surface area contributed by atoms with E-state index in [9.17, 15) is 19.2 Å². The molecule has 201 valence electrons. The first-order valence-electron chi connectivity index (χ1n) is 12.3. The number of carbonyl (C=O) groups excluding carboxylic acids is 3. The normalized spacial score (nSPS) is 14.8. The number of carbonyl (C=O) groups is 3. The van der Waals surface area contributed by atoms with Crippen molar-refractivity contribution in [2.24, 2.45) is 0 Å². The summed E-state index contributed by atoms with van der Waals surface area (Å²) in [5, 5.41) is 1.61. The molecule has 1 atom stereocenters. The van der Waals surface area contributed by atoms with Gasteiger partial charge in [0, 0.05) is 45.4 Å². The Balaban J connectivity index is 0.000000328. The second-order valence-corrected chi connectivity index (χ2v) is 8.78. The summed E-state index contributed by atoms with van der Waals surface area (Å²) >= 11 is 0. The van der Waals surface area contributed by atoms with Crippen LogP contribution in [0.25, 0.3) is 10.8 Å². The molecule has 39 heavy (non-hydrogen) atoms. The quantitative estimate of drug-likeness (QED) is 0.416. The second-order valence-electron chi connectivity index (χ2n) is 8.78. The van der Waals surface area contributed by atoms with Crippen LogP contribution in [-0.2, 0) is 34.9 Å². The van der Waals surface area contributed by atoms with E-state index in [2.05, 4.69) is 54.2 Å². The van der Waals surface area contributed by atoms with E-state index >= 15 is 0 Å². The fraction of sp³-hybridized carbons (Fsp3) is 0.333. The summed E-state index contributed by atoms with van der Waals surface area (Å²) in [5.41, 5.74) is 1.28. The smallest absolute Gasteiger partial charge is 0.642 e. The average molecular weight is 545 g/mol. The van der Waals surface area contributed by atoms with Crippen molar-refractivity contribution >= 4 is 36.0 Å². The van der Waals surface area contributed by atoms with E-state index in [1.165, 1.54) is 5.56 Å². The zero-order valence-electron chi connectivity index (χ0n) is 22.7. The SMILES string of the molecule is CC(=O)O[B-](OC(C)=O)OC(C)=O.O=c1[nH]ccc2cc(OC3CCCN(Cc4ccccc4)C3)ccc12.[Na+]. The molecule has 4 rings (SSSR count). The molecule has 1 unspecified atom stereocenters. The summed E-state index contributed by atoms with van der Waals surface area (Å²) in [4.78, 5) is 48.2. The summed E-state index contributed by atoms with van der Waals surface area (Å²) in [6.45, 7) is 6.30. The van der Waals surface area contributed by atoms with E-state index in [0.717, 1.165) is 64.4 Å². The molecule has 3 aromatic rings. The molecule has 10 nitrogen and oxygen atoms in total. The number of likely N-dealkylation sites (tertiary alicyclic amines) is 1. The molecule has 1 aliphatic heterocycles. The molecule has 0 aliphatic carbocycles. The largest absolute Gasteiger partial charge is 1.00 e. The number of aromatic amines is 1. The molecule has 2 aromatic carbocycles. The van der Waals surface area contributed by atoms with Gasteiger partial charge in [0.25, 0.3) is 23.5 Å². The van der Waals surface area contributed by atoms with Crippen molar-refractivity contribution < 1.29 is 62.6 Å². The van der Waals surface area contributed by atoms with Crippen LogP contribution in [0.5, 0.6) is 5.75 Å². The van der Waals surface area contributed by atoms with Crippen molar-refractivity contribution in [1.29, 1.82) is 0 Å². The van der Waals surface area contributed by atoms with Crippen LogP contribution in [0.2, 0.25) is 0 Å². The van der Waals surface area contributed by atoms with Crippen molar-refractivity contribution in [3.63, 3.8) is 0 Å². The Kier molecular flexibility index (Phi) is 13.2. The molecule has 1 saturated heterocycles. The predicted molar refractivity (Wildman–Crippen MR) is 141 cm³/mol. The summed E-state index contributed by atoms with van der Waals surface area (Å²) in [6.07, 6.45) is 4.08. The van der Waals surface area contributed by atoms with Crippen LogP contribution in [0, 0.1) is 0 Å². The Labute approximate surface area is 249 Å². The number of fused-ring (bicyclic) bond motifs is 1. The summed E-state index contributed by atoms with van der Waals surface area (Å²) in [7, 11) is -1.59. The third kappa shape index (κ3) is 11.3. The topological polar surface area (TPSA) is 124 Å². The van der Waals surface area contributed by atoms with Crippen molar-refractivity contribution in [2.75, 3.05) is 13.1 Å². The molecule has 1 fully saturated rings. The molecule has 0 amide bonds. The number of hydrogen-bond donors (Lipinski definition) is 1. The minimum atomic E-state index is -1.59. The van der Waals surface area contributed by atoms with E-state index in [4.69, 9.17) is 4.74 Å². The van der Waals surface area contributed by atoms with Gasteiger partial charge in [0.2, 0.25) is 0 Å². The first kappa shape index (κ1) is 32.1. The van der Waals surface area contributed by atoms with Crippen molar-refractivity contribution in [3.05, 3.63) is 76.7 Å². The summed E-state index contributed by atoms with van der Waals surface area (Å²) in [6, 6.07) is 18.2. The number of rotatable bonds is 7. The van der Waals surface area contributed by atoms with Gasteiger partial charge in [-0.1, -0.05) is 30.3 Å². The number of H-pyrrole nitrogens is 1. The van der Waals surface area contributed by atoms with Crippen molar-refractivity contribution in [2.45, 2.75) is 46.3 Å². The van der Waals surface area contributed by atoms with Crippen molar-refractivity contribution in [3.8, 4) is 5.75 Å². The first-order valence-corrected chi connectivity index (χ1v) is 12.3. The Bertz CT molecular complexity index is 1270. The molecular formula is C27H31BN2NaO8. The van der Waals surface area contributed by atoms with Gasteiger partial charge >= 0.3 is 36.9 Å². The van der Waals surface area contributed by atoms with E-state index in [0.29, 0.717) is 5.39 Å². The number of nitrogens with one attached hydrogen (secondary N) is 1. The van der Waals surface area contributed by atoms with E-state index < -0.39 is 25.2 Å². The fourth-order valence-electron chi connectivity index (χ4n) is 4.01. The Morgan fingerprint density at radius 2 is 1.59 bits per heavy atom. The van der Waals surface area contributed by atoms with Crippen molar-refractivity contribution in [1.82, 2.24) is 9.88 Å². The molecule has 0 bridgehead atoms. The van der Waals surface area contributed by atoms with Crippen LogP contribution >= 0.6 is 0 Å². The molecule has 1 aromatic heterocycles. The summed E-state index contributed by atoms with van der Waals surface area (Å²) < 4.78 is 19.3. The van der Waals surface area contributed by atoms with Crippen LogP contribution in [0.15, 0.2) is 65.6 Å². The van der Waals surface area contributed by atoms with E-state index in [1.807, 2.05) is 24.3 Å². The predicted octanol–water partition coefficient (Wildman–Crippen LogP) is 0.236.